The van der Waals surface area contributed by atoms with Gasteiger partial charge in [-0.15, -0.1) is 0 Å². The van der Waals surface area contributed by atoms with Gasteiger partial charge in [-0.25, -0.2) is 4.98 Å². The highest BCUT2D eigenvalue weighted by Crippen LogP contribution is 2.25. The largest absolute Gasteiger partial charge is 0.484 e. The highest BCUT2D eigenvalue weighted by molar-refractivity contribution is 7.22. The van der Waals surface area contributed by atoms with Crippen molar-refractivity contribution < 1.29 is 9.53 Å². The second-order valence-electron chi connectivity index (χ2n) is 4.82. The van der Waals surface area contributed by atoms with Crippen molar-refractivity contribution in [3.8, 4) is 5.75 Å². The molecule has 0 aliphatic carbocycles. The second kappa shape index (κ2) is 6.58. The molecule has 0 unspecified atom stereocenters. The minimum atomic E-state index is -0.210. The Hall–Kier alpha value is -2.40. The van der Waals surface area contributed by atoms with Crippen LogP contribution >= 0.6 is 11.3 Å². The Bertz CT molecular complexity index is 748. The van der Waals surface area contributed by atoms with E-state index in [1.54, 1.807) is 0 Å². The van der Waals surface area contributed by atoms with Crippen molar-refractivity contribution in [2.45, 2.75) is 13.3 Å². The molecule has 0 bridgehead atoms. The van der Waals surface area contributed by atoms with E-state index >= 15 is 0 Å². The van der Waals surface area contributed by atoms with Crippen LogP contribution in [0.1, 0.15) is 12.5 Å². The zero-order valence-electron chi connectivity index (χ0n) is 12.2. The number of aromatic nitrogens is 1. The number of carbonyl (C=O) groups excluding carboxylic acids is 1. The molecule has 4 nitrogen and oxygen atoms in total. The van der Waals surface area contributed by atoms with Gasteiger partial charge in [0.1, 0.15) is 5.75 Å². The summed E-state index contributed by atoms with van der Waals surface area (Å²) in [6.45, 7) is 2.07. The van der Waals surface area contributed by atoms with Crippen LogP contribution in [0.5, 0.6) is 5.75 Å². The van der Waals surface area contributed by atoms with Gasteiger partial charge >= 0.3 is 0 Å². The SMILES string of the molecule is CCc1ccc(OCC(=O)Nc2nc3ccccc3s2)cc1. The van der Waals surface area contributed by atoms with Gasteiger partial charge in [-0.2, -0.15) is 0 Å². The molecule has 3 rings (SSSR count). The van der Waals surface area contributed by atoms with Crippen LogP contribution in [-0.2, 0) is 11.2 Å². The monoisotopic (exact) mass is 312 g/mol. The normalized spacial score (nSPS) is 10.6. The van der Waals surface area contributed by atoms with Crippen LogP contribution in [0.4, 0.5) is 5.13 Å². The Balaban J connectivity index is 1.57. The minimum Gasteiger partial charge on any atom is -0.484 e. The van der Waals surface area contributed by atoms with Crippen LogP contribution < -0.4 is 10.1 Å². The summed E-state index contributed by atoms with van der Waals surface area (Å²) >= 11 is 1.45. The molecule has 0 saturated heterocycles. The molecule has 0 saturated carbocycles. The molecule has 22 heavy (non-hydrogen) atoms. The molecular formula is C17H16N2O2S. The lowest BCUT2D eigenvalue weighted by molar-refractivity contribution is -0.118. The maximum absolute atomic E-state index is 11.9. The predicted molar refractivity (Wildman–Crippen MR) is 89.6 cm³/mol. The lowest BCUT2D eigenvalue weighted by Crippen LogP contribution is -2.19. The number of thiazole rings is 1. The van der Waals surface area contributed by atoms with Crippen molar-refractivity contribution in [2.75, 3.05) is 11.9 Å². The first-order valence-electron chi connectivity index (χ1n) is 7.12. The highest BCUT2D eigenvalue weighted by Gasteiger charge is 2.08. The highest BCUT2D eigenvalue weighted by atomic mass is 32.1. The van der Waals surface area contributed by atoms with Gasteiger partial charge in [-0.05, 0) is 36.2 Å². The fraction of sp³-hybridized carbons (Fsp3) is 0.176. The van der Waals surface area contributed by atoms with E-state index in [0.29, 0.717) is 10.9 Å². The van der Waals surface area contributed by atoms with Crippen molar-refractivity contribution in [2.24, 2.45) is 0 Å². The van der Waals surface area contributed by atoms with E-state index in [1.165, 1.54) is 16.9 Å². The Labute approximate surface area is 132 Å². The van der Waals surface area contributed by atoms with Crippen LogP contribution in [-0.4, -0.2) is 17.5 Å². The van der Waals surface area contributed by atoms with Crippen LogP contribution in [0, 0.1) is 0 Å². The zero-order valence-corrected chi connectivity index (χ0v) is 13.0. The molecule has 1 aromatic heterocycles. The molecule has 3 aromatic rings. The van der Waals surface area contributed by atoms with E-state index in [2.05, 4.69) is 17.2 Å². The molecule has 112 valence electrons. The second-order valence-corrected chi connectivity index (χ2v) is 5.85. The molecular weight excluding hydrogens is 296 g/mol. The lowest BCUT2D eigenvalue weighted by atomic mass is 10.2. The van der Waals surface area contributed by atoms with Gasteiger partial charge in [0.2, 0.25) is 0 Å². The van der Waals surface area contributed by atoms with Gasteiger partial charge in [0, 0.05) is 0 Å². The molecule has 2 aromatic carbocycles. The van der Waals surface area contributed by atoms with Gasteiger partial charge in [0.25, 0.3) is 5.91 Å². The van der Waals surface area contributed by atoms with E-state index in [9.17, 15) is 4.79 Å². The fourth-order valence-corrected chi connectivity index (χ4v) is 2.93. The van der Waals surface area contributed by atoms with Crippen LogP contribution in [0.25, 0.3) is 10.2 Å². The summed E-state index contributed by atoms with van der Waals surface area (Å²) in [6, 6.07) is 15.5. The van der Waals surface area contributed by atoms with E-state index in [1.807, 2.05) is 48.5 Å². The van der Waals surface area contributed by atoms with Crippen molar-refractivity contribution in [1.29, 1.82) is 0 Å². The lowest BCUT2D eigenvalue weighted by Gasteiger charge is -2.06. The third-order valence-corrected chi connectivity index (χ3v) is 4.19. The minimum absolute atomic E-state index is 0.0264. The molecule has 0 atom stereocenters. The molecule has 0 fully saturated rings. The number of nitrogens with one attached hydrogen (secondary N) is 1. The van der Waals surface area contributed by atoms with Crippen LogP contribution in [0.2, 0.25) is 0 Å². The Kier molecular flexibility index (Phi) is 4.34. The summed E-state index contributed by atoms with van der Waals surface area (Å²) in [5, 5.41) is 3.36. The number of aryl methyl sites for hydroxylation is 1. The van der Waals surface area contributed by atoms with Gasteiger partial charge in [-0.1, -0.05) is 42.5 Å². The number of para-hydroxylation sites is 1. The summed E-state index contributed by atoms with van der Waals surface area (Å²) in [4.78, 5) is 16.3. The number of hydrogen-bond acceptors (Lipinski definition) is 4. The predicted octanol–water partition coefficient (Wildman–Crippen LogP) is 3.88. The first-order valence-corrected chi connectivity index (χ1v) is 7.93. The number of anilines is 1. The van der Waals surface area contributed by atoms with Crippen molar-refractivity contribution in [1.82, 2.24) is 4.98 Å². The standard InChI is InChI=1S/C17H16N2O2S/c1-2-12-7-9-13(10-8-12)21-11-16(20)19-17-18-14-5-3-4-6-15(14)22-17/h3-10H,2,11H2,1H3,(H,18,19,20). The summed E-state index contributed by atoms with van der Waals surface area (Å²) in [5.41, 5.74) is 2.13. The number of amides is 1. The third kappa shape index (κ3) is 3.43. The van der Waals surface area contributed by atoms with Crippen LogP contribution in [0.15, 0.2) is 48.5 Å². The molecule has 1 N–H and O–H groups in total. The summed E-state index contributed by atoms with van der Waals surface area (Å²) in [7, 11) is 0. The van der Waals surface area contributed by atoms with Crippen molar-refractivity contribution in [3.05, 3.63) is 54.1 Å². The van der Waals surface area contributed by atoms with Gasteiger partial charge in [0.05, 0.1) is 10.2 Å². The fourth-order valence-electron chi connectivity index (χ4n) is 2.05. The van der Waals surface area contributed by atoms with Crippen LogP contribution in [0.3, 0.4) is 0 Å². The Morgan fingerprint density at radius 1 is 1.18 bits per heavy atom. The number of ether oxygens (including phenoxy) is 1. The topological polar surface area (TPSA) is 51.2 Å². The van der Waals surface area contributed by atoms with Gasteiger partial charge in [-0.3, -0.25) is 10.1 Å². The van der Waals surface area contributed by atoms with Crippen molar-refractivity contribution >= 4 is 32.6 Å². The molecule has 0 spiro atoms. The number of nitrogens with zero attached hydrogens (tertiary/aromatic N) is 1. The molecule has 0 aliphatic rings. The zero-order chi connectivity index (χ0) is 15.4. The van der Waals surface area contributed by atoms with Crippen molar-refractivity contribution in [3.63, 3.8) is 0 Å². The number of fused-ring (bicyclic) bond motifs is 1. The smallest absolute Gasteiger partial charge is 0.264 e. The molecule has 5 heteroatoms. The van der Waals surface area contributed by atoms with E-state index in [0.717, 1.165) is 16.6 Å². The Morgan fingerprint density at radius 2 is 1.95 bits per heavy atom. The molecule has 0 aliphatic heterocycles. The van der Waals surface area contributed by atoms with E-state index in [-0.39, 0.29) is 12.5 Å². The first kappa shape index (κ1) is 14.5. The quantitative estimate of drug-likeness (QED) is 0.778. The average Bonchev–Trinajstić information content (AvgIpc) is 2.95. The number of benzene rings is 2. The van der Waals surface area contributed by atoms with E-state index < -0.39 is 0 Å². The first-order chi connectivity index (χ1) is 10.7. The summed E-state index contributed by atoms with van der Waals surface area (Å²) in [6.07, 6.45) is 0.984. The number of hydrogen-bond donors (Lipinski definition) is 1. The van der Waals surface area contributed by atoms with Gasteiger partial charge in [0.15, 0.2) is 11.7 Å². The maximum Gasteiger partial charge on any atom is 0.264 e. The van der Waals surface area contributed by atoms with E-state index in [4.69, 9.17) is 4.74 Å². The average molecular weight is 312 g/mol. The molecule has 1 amide bonds. The number of carbonyl (C=O) groups is 1. The number of rotatable bonds is 5. The summed E-state index contributed by atoms with van der Waals surface area (Å²) < 4.78 is 6.53. The summed E-state index contributed by atoms with van der Waals surface area (Å²) in [5.74, 6) is 0.482. The molecule has 0 radical (unpaired) electrons. The molecule has 1 heterocycles. The third-order valence-electron chi connectivity index (χ3n) is 3.24. The maximum atomic E-state index is 11.9. The Morgan fingerprint density at radius 3 is 2.68 bits per heavy atom. The van der Waals surface area contributed by atoms with Gasteiger partial charge < -0.3 is 4.74 Å².